The number of amides is 1. The Morgan fingerprint density at radius 2 is 2.30 bits per heavy atom. The number of ether oxygens (including phenoxy) is 1. The lowest BCUT2D eigenvalue weighted by Gasteiger charge is -2.22. The maximum Gasteiger partial charge on any atom is 0.253 e. The first-order chi connectivity index (χ1) is 9.70. The van der Waals surface area contributed by atoms with Crippen molar-refractivity contribution < 1.29 is 9.53 Å². The van der Waals surface area contributed by atoms with Crippen LogP contribution >= 0.6 is 11.6 Å². The van der Waals surface area contributed by atoms with Crippen LogP contribution in [0.25, 0.3) is 0 Å². The normalized spacial score (nSPS) is 18.6. The van der Waals surface area contributed by atoms with Gasteiger partial charge in [0.15, 0.2) is 0 Å². The Balaban J connectivity index is 1.86. The van der Waals surface area contributed by atoms with Gasteiger partial charge in [0.2, 0.25) is 0 Å². The highest BCUT2D eigenvalue weighted by molar-refractivity contribution is 6.31. The van der Waals surface area contributed by atoms with Gasteiger partial charge in [0.1, 0.15) is 0 Å². The highest BCUT2D eigenvalue weighted by Crippen LogP contribution is 2.20. The molecule has 1 aromatic carbocycles. The third kappa shape index (κ3) is 4.12. The quantitative estimate of drug-likeness (QED) is 0.878. The van der Waals surface area contributed by atoms with E-state index < -0.39 is 0 Å². The van der Waals surface area contributed by atoms with Crippen molar-refractivity contribution in [3.63, 3.8) is 0 Å². The number of carbonyl (C=O) groups excluding carboxylic acids is 1. The van der Waals surface area contributed by atoms with Gasteiger partial charge >= 0.3 is 0 Å². The van der Waals surface area contributed by atoms with Crippen molar-refractivity contribution in [1.82, 2.24) is 5.32 Å². The Labute approximate surface area is 124 Å². The molecule has 5 heteroatoms. The second-order valence-electron chi connectivity index (χ2n) is 4.97. The molecule has 4 nitrogen and oxygen atoms in total. The summed E-state index contributed by atoms with van der Waals surface area (Å²) in [6, 6.07) is 5.25. The van der Waals surface area contributed by atoms with Crippen LogP contribution in [0.15, 0.2) is 18.2 Å². The number of anilines is 1. The Morgan fingerprint density at radius 3 is 3.00 bits per heavy atom. The second-order valence-corrected chi connectivity index (χ2v) is 5.41. The summed E-state index contributed by atoms with van der Waals surface area (Å²) in [5.74, 6) is -0.104. The van der Waals surface area contributed by atoms with E-state index in [2.05, 4.69) is 10.6 Å². The minimum Gasteiger partial charge on any atom is -0.387 e. The first-order valence-corrected chi connectivity index (χ1v) is 7.45. The van der Waals surface area contributed by atoms with Crippen molar-refractivity contribution in [3.05, 3.63) is 28.8 Å². The van der Waals surface area contributed by atoms with Gasteiger partial charge in [-0.1, -0.05) is 11.6 Å². The molecule has 110 valence electrons. The molecule has 1 saturated heterocycles. The van der Waals surface area contributed by atoms with Crippen LogP contribution in [0.1, 0.15) is 36.0 Å². The van der Waals surface area contributed by atoms with Gasteiger partial charge in [0.25, 0.3) is 5.91 Å². The standard InChI is InChI=1S/C15H21ClN2O2/c1-17-14-6-5-11(16)10-13(14)15(19)18-8-7-12-4-2-3-9-20-12/h5-6,10,12,17H,2-4,7-9H2,1H3,(H,18,19). The number of halogens is 1. The largest absolute Gasteiger partial charge is 0.387 e. The van der Waals surface area contributed by atoms with Gasteiger partial charge in [0.05, 0.1) is 11.7 Å². The highest BCUT2D eigenvalue weighted by Gasteiger charge is 2.15. The van der Waals surface area contributed by atoms with Gasteiger partial charge in [-0.3, -0.25) is 4.79 Å². The van der Waals surface area contributed by atoms with Gasteiger partial charge in [-0.25, -0.2) is 0 Å². The zero-order valence-corrected chi connectivity index (χ0v) is 12.5. The summed E-state index contributed by atoms with van der Waals surface area (Å²) in [5, 5.41) is 6.49. The van der Waals surface area contributed by atoms with Crippen LogP contribution in [-0.2, 0) is 4.74 Å². The van der Waals surface area contributed by atoms with Crippen LogP contribution in [0.4, 0.5) is 5.69 Å². The third-order valence-electron chi connectivity index (χ3n) is 3.52. The van der Waals surface area contributed by atoms with E-state index in [0.717, 1.165) is 31.6 Å². The molecular weight excluding hydrogens is 276 g/mol. The van der Waals surface area contributed by atoms with Crippen molar-refractivity contribution in [2.24, 2.45) is 0 Å². The first kappa shape index (κ1) is 15.1. The minimum atomic E-state index is -0.104. The Hall–Kier alpha value is -1.26. The number of hydrogen-bond acceptors (Lipinski definition) is 3. The zero-order chi connectivity index (χ0) is 14.4. The molecule has 0 bridgehead atoms. The lowest BCUT2D eigenvalue weighted by atomic mass is 10.1. The van der Waals surface area contributed by atoms with Crippen molar-refractivity contribution >= 4 is 23.2 Å². The van der Waals surface area contributed by atoms with Crippen LogP contribution in [0.3, 0.4) is 0 Å². The van der Waals surface area contributed by atoms with E-state index >= 15 is 0 Å². The molecule has 1 unspecified atom stereocenters. The summed E-state index contributed by atoms with van der Waals surface area (Å²) in [7, 11) is 1.79. The molecule has 1 aliphatic heterocycles. The van der Waals surface area contributed by atoms with Crippen LogP contribution in [0.5, 0.6) is 0 Å². The average Bonchev–Trinajstić information content (AvgIpc) is 2.48. The fraction of sp³-hybridized carbons (Fsp3) is 0.533. The highest BCUT2D eigenvalue weighted by atomic mass is 35.5. The molecule has 0 spiro atoms. The Morgan fingerprint density at radius 1 is 1.45 bits per heavy atom. The van der Waals surface area contributed by atoms with Crippen LogP contribution in [-0.4, -0.2) is 32.2 Å². The molecular formula is C15H21ClN2O2. The zero-order valence-electron chi connectivity index (χ0n) is 11.7. The number of nitrogens with one attached hydrogen (secondary N) is 2. The summed E-state index contributed by atoms with van der Waals surface area (Å²) in [6.07, 6.45) is 4.61. The van der Waals surface area contributed by atoms with E-state index in [1.54, 1.807) is 19.2 Å². The van der Waals surface area contributed by atoms with E-state index in [-0.39, 0.29) is 12.0 Å². The Bertz CT molecular complexity index is 459. The summed E-state index contributed by atoms with van der Waals surface area (Å²) in [5.41, 5.74) is 1.35. The van der Waals surface area contributed by atoms with Crippen LogP contribution < -0.4 is 10.6 Å². The third-order valence-corrected chi connectivity index (χ3v) is 3.76. The number of carbonyl (C=O) groups is 1. The molecule has 1 aromatic rings. The van der Waals surface area contributed by atoms with Gasteiger partial charge in [-0.05, 0) is 43.9 Å². The fourth-order valence-corrected chi connectivity index (χ4v) is 2.57. The molecule has 0 saturated carbocycles. The molecule has 0 aliphatic carbocycles. The van der Waals surface area contributed by atoms with E-state index in [4.69, 9.17) is 16.3 Å². The number of benzene rings is 1. The topological polar surface area (TPSA) is 50.4 Å². The predicted molar refractivity (Wildman–Crippen MR) is 81.5 cm³/mol. The number of rotatable bonds is 5. The smallest absolute Gasteiger partial charge is 0.253 e. The summed E-state index contributed by atoms with van der Waals surface area (Å²) >= 11 is 5.95. The lowest BCUT2D eigenvalue weighted by molar-refractivity contribution is 0.0117. The monoisotopic (exact) mass is 296 g/mol. The molecule has 1 fully saturated rings. The van der Waals surface area contributed by atoms with E-state index in [1.165, 1.54) is 6.42 Å². The molecule has 20 heavy (non-hydrogen) atoms. The molecule has 1 atom stereocenters. The van der Waals surface area contributed by atoms with Crippen molar-refractivity contribution in [2.45, 2.75) is 31.8 Å². The van der Waals surface area contributed by atoms with Gasteiger partial charge in [-0.2, -0.15) is 0 Å². The van der Waals surface area contributed by atoms with Crippen LogP contribution in [0, 0.1) is 0 Å². The summed E-state index contributed by atoms with van der Waals surface area (Å²) < 4.78 is 5.64. The molecule has 1 heterocycles. The van der Waals surface area contributed by atoms with E-state index in [1.807, 2.05) is 6.07 Å². The van der Waals surface area contributed by atoms with Gasteiger partial charge in [-0.15, -0.1) is 0 Å². The first-order valence-electron chi connectivity index (χ1n) is 7.08. The van der Waals surface area contributed by atoms with Crippen LogP contribution in [0.2, 0.25) is 5.02 Å². The summed E-state index contributed by atoms with van der Waals surface area (Å²) in [4.78, 5) is 12.2. The second kappa shape index (κ2) is 7.50. The summed E-state index contributed by atoms with van der Waals surface area (Å²) in [6.45, 7) is 1.47. The molecule has 2 rings (SSSR count). The molecule has 1 amide bonds. The predicted octanol–water partition coefficient (Wildman–Crippen LogP) is 3.07. The van der Waals surface area contributed by atoms with Crippen molar-refractivity contribution in [2.75, 3.05) is 25.5 Å². The van der Waals surface area contributed by atoms with E-state index in [9.17, 15) is 4.79 Å². The van der Waals surface area contributed by atoms with Crippen molar-refractivity contribution in [1.29, 1.82) is 0 Å². The molecule has 2 N–H and O–H groups in total. The van der Waals surface area contributed by atoms with Crippen molar-refractivity contribution in [3.8, 4) is 0 Å². The Kier molecular flexibility index (Phi) is 5.68. The minimum absolute atomic E-state index is 0.104. The van der Waals surface area contributed by atoms with Gasteiger partial charge in [0, 0.05) is 30.9 Å². The van der Waals surface area contributed by atoms with Gasteiger partial charge < -0.3 is 15.4 Å². The molecule has 0 aromatic heterocycles. The maximum absolute atomic E-state index is 12.2. The fourth-order valence-electron chi connectivity index (χ4n) is 2.40. The molecule has 1 aliphatic rings. The maximum atomic E-state index is 12.2. The average molecular weight is 297 g/mol. The number of hydrogen-bond donors (Lipinski definition) is 2. The SMILES string of the molecule is CNc1ccc(Cl)cc1C(=O)NCCC1CCCCO1. The lowest BCUT2D eigenvalue weighted by Crippen LogP contribution is -2.29. The van der Waals surface area contributed by atoms with E-state index in [0.29, 0.717) is 17.1 Å². The molecule has 0 radical (unpaired) electrons.